The Labute approximate surface area is 160 Å². The van der Waals surface area contributed by atoms with Crippen molar-refractivity contribution in [3.63, 3.8) is 0 Å². The van der Waals surface area contributed by atoms with Gasteiger partial charge in [-0.1, -0.05) is 6.92 Å². The highest BCUT2D eigenvalue weighted by Crippen LogP contribution is 2.45. The van der Waals surface area contributed by atoms with Crippen molar-refractivity contribution in [3.8, 4) is 5.75 Å². The lowest BCUT2D eigenvalue weighted by Gasteiger charge is -2.42. The van der Waals surface area contributed by atoms with Crippen molar-refractivity contribution >= 4 is 29.7 Å². The molecule has 150 valence electrons. The molecule has 0 fully saturated rings. The second-order valence-corrected chi connectivity index (χ2v) is 7.68. The number of aliphatic carboxylic acids is 3. The Hall–Kier alpha value is -3.10. The maximum absolute atomic E-state index is 12.3. The van der Waals surface area contributed by atoms with Gasteiger partial charge in [0.25, 0.3) is 0 Å². The molecular weight excluding hydrogens is 368 g/mol. The number of ether oxygens (including phenoxy) is 1. The number of carboxylic acid groups (broad SMARTS) is 3. The summed E-state index contributed by atoms with van der Waals surface area (Å²) in [4.78, 5) is 40.4. The molecule has 9 nitrogen and oxygen atoms in total. The topological polar surface area (TPSA) is 146 Å². The van der Waals surface area contributed by atoms with Crippen LogP contribution in [0.1, 0.15) is 39.2 Å². The summed E-state index contributed by atoms with van der Waals surface area (Å²) in [6.45, 7) is 4.51. The highest BCUT2D eigenvalue weighted by Gasteiger charge is 2.53. The smallest absolute Gasteiger partial charge is 0.335 e. The average Bonchev–Trinajstić information content (AvgIpc) is 3.00. The predicted octanol–water partition coefficient (Wildman–Crippen LogP) is 0.344. The van der Waals surface area contributed by atoms with Crippen LogP contribution in [0.25, 0.3) is 6.08 Å². The predicted molar refractivity (Wildman–Crippen MR) is 98.2 cm³/mol. The lowest BCUT2D eigenvalue weighted by molar-refractivity contribution is -0.147. The van der Waals surface area contributed by atoms with Crippen LogP contribution in [0.4, 0.5) is 5.69 Å². The van der Waals surface area contributed by atoms with Gasteiger partial charge in [-0.05, 0) is 32.4 Å². The van der Waals surface area contributed by atoms with Gasteiger partial charge in [-0.3, -0.25) is 9.79 Å². The fourth-order valence-corrected chi connectivity index (χ4v) is 4.08. The zero-order chi connectivity index (χ0) is 21.1. The highest BCUT2D eigenvalue weighted by molar-refractivity contribution is 5.94. The van der Waals surface area contributed by atoms with E-state index in [4.69, 9.17) is 4.74 Å². The normalized spacial score (nSPS) is 30.1. The fourth-order valence-electron chi connectivity index (χ4n) is 4.08. The van der Waals surface area contributed by atoms with Crippen LogP contribution in [0.15, 0.2) is 11.1 Å². The third kappa shape index (κ3) is 2.45. The van der Waals surface area contributed by atoms with Crippen LogP contribution in [0.2, 0.25) is 0 Å². The van der Waals surface area contributed by atoms with Gasteiger partial charge in [0.2, 0.25) is 0 Å². The van der Waals surface area contributed by atoms with E-state index in [0.29, 0.717) is 5.22 Å². The minimum absolute atomic E-state index is 0.179. The molecule has 3 unspecified atom stereocenters. The Bertz CT molecular complexity index is 1030. The summed E-state index contributed by atoms with van der Waals surface area (Å²) >= 11 is 0. The second kappa shape index (κ2) is 5.95. The van der Waals surface area contributed by atoms with Gasteiger partial charge < -0.3 is 25.4 Å². The van der Waals surface area contributed by atoms with Crippen molar-refractivity contribution in [2.75, 3.05) is 12.4 Å². The molecule has 1 aromatic carbocycles. The molecule has 1 aromatic rings. The molecule has 0 saturated heterocycles. The summed E-state index contributed by atoms with van der Waals surface area (Å²) in [5, 5.41) is 33.0. The lowest BCUT2D eigenvalue weighted by atomic mass is 9.68. The largest absolute Gasteiger partial charge is 0.495 e. The number of nitrogens with zero attached hydrogens (tertiary/aromatic N) is 1. The third-order valence-corrected chi connectivity index (χ3v) is 5.73. The first-order valence-corrected chi connectivity index (χ1v) is 8.77. The summed E-state index contributed by atoms with van der Waals surface area (Å²) in [7, 11) is 1.38. The molecule has 2 aliphatic heterocycles. The van der Waals surface area contributed by atoms with Gasteiger partial charge in [0, 0.05) is 17.2 Å². The number of carboxylic acids is 3. The molecule has 0 amide bonds. The molecule has 3 atom stereocenters. The molecule has 9 heteroatoms. The number of anilines is 1. The zero-order valence-electron chi connectivity index (χ0n) is 16.0. The minimum Gasteiger partial charge on any atom is -0.495 e. The summed E-state index contributed by atoms with van der Waals surface area (Å²) in [5.74, 6) is -3.34. The van der Waals surface area contributed by atoms with E-state index in [9.17, 15) is 29.7 Å². The van der Waals surface area contributed by atoms with Gasteiger partial charge in [0.05, 0.1) is 23.6 Å². The number of carbonyl (C=O) groups is 3. The maximum atomic E-state index is 12.3. The molecule has 3 rings (SSSR count). The van der Waals surface area contributed by atoms with Crippen molar-refractivity contribution < 1.29 is 34.4 Å². The molecule has 0 aromatic heterocycles. The quantitative estimate of drug-likeness (QED) is 0.563. The average molecular weight is 390 g/mol. The van der Waals surface area contributed by atoms with Crippen LogP contribution in [0.5, 0.6) is 5.75 Å². The molecule has 2 aliphatic rings. The molecule has 0 spiro atoms. The number of hydrogen-bond acceptors (Lipinski definition) is 6. The summed E-state index contributed by atoms with van der Waals surface area (Å²) < 4.78 is 5.39. The lowest BCUT2D eigenvalue weighted by Crippen LogP contribution is -2.57. The number of rotatable bonds is 5. The third-order valence-electron chi connectivity index (χ3n) is 5.73. The fraction of sp³-hybridized carbons (Fsp3) is 0.474. The first-order valence-electron chi connectivity index (χ1n) is 8.77. The van der Waals surface area contributed by atoms with Gasteiger partial charge in [-0.15, -0.1) is 0 Å². The maximum Gasteiger partial charge on any atom is 0.335 e. The second-order valence-electron chi connectivity index (χ2n) is 7.68. The molecule has 0 saturated carbocycles. The molecule has 4 N–H and O–H groups in total. The first kappa shape index (κ1) is 19.7. The number of methoxy groups -OCH3 is 1. The van der Waals surface area contributed by atoms with Crippen LogP contribution in [-0.2, 0) is 19.8 Å². The van der Waals surface area contributed by atoms with Gasteiger partial charge in [0.15, 0.2) is 5.54 Å². The van der Waals surface area contributed by atoms with Crippen molar-refractivity contribution in [3.05, 3.63) is 22.2 Å². The Kier molecular flexibility index (Phi) is 4.18. The Morgan fingerprint density at radius 3 is 2.29 bits per heavy atom. The van der Waals surface area contributed by atoms with Crippen LogP contribution in [0.3, 0.4) is 0 Å². The van der Waals surface area contributed by atoms with Gasteiger partial charge >= 0.3 is 17.9 Å². The van der Waals surface area contributed by atoms with E-state index in [-0.39, 0.29) is 35.2 Å². The molecular formula is C19H22N2O7. The molecule has 28 heavy (non-hydrogen) atoms. The van der Waals surface area contributed by atoms with E-state index in [1.165, 1.54) is 27.0 Å². The summed E-state index contributed by atoms with van der Waals surface area (Å²) in [6, 6.07) is 1.56. The first-order chi connectivity index (χ1) is 12.9. The molecule has 0 bridgehead atoms. The molecule has 2 heterocycles. The van der Waals surface area contributed by atoms with Crippen molar-refractivity contribution in [1.29, 1.82) is 0 Å². The van der Waals surface area contributed by atoms with Crippen LogP contribution in [-0.4, -0.2) is 51.4 Å². The van der Waals surface area contributed by atoms with Gasteiger partial charge in [-0.25, -0.2) is 9.59 Å². The number of benzene rings is 1. The van der Waals surface area contributed by atoms with E-state index in [2.05, 4.69) is 10.3 Å². The van der Waals surface area contributed by atoms with Crippen LogP contribution in [0, 0.1) is 0 Å². The minimum atomic E-state index is -1.62. The Morgan fingerprint density at radius 1 is 1.18 bits per heavy atom. The Balaban J connectivity index is 2.47. The van der Waals surface area contributed by atoms with Crippen LogP contribution < -0.4 is 20.6 Å². The van der Waals surface area contributed by atoms with E-state index in [0.717, 1.165) is 0 Å². The van der Waals surface area contributed by atoms with E-state index < -0.39 is 34.4 Å². The zero-order valence-corrected chi connectivity index (χ0v) is 16.0. The standard InChI is InChI=1S/C19H22N2O7/c1-5-19(16(26)27)7-9-6-10(28-4)13-11(12(9)21-19)17(2,14(22)23)8-18(3,20-13)15(24)25/h6-7,20H,5,8H2,1-4H3,(H,22,23)(H,24,25)(H,26,27). The number of hydrogen-bond donors (Lipinski definition) is 4. The van der Waals surface area contributed by atoms with Gasteiger partial charge in [-0.2, -0.15) is 0 Å². The molecule has 0 aliphatic carbocycles. The molecule has 0 radical (unpaired) electrons. The number of fused-ring (bicyclic) bond motifs is 3. The van der Waals surface area contributed by atoms with E-state index in [1.54, 1.807) is 13.0 Å². The summed E-state index contributed by atoms with van der Waals surface area (Å²) in [5.41, 5.74) is -4.24. The monoisotopic (exact) mass is 390 g/mol. The van der Waals surface area contributed by atoms with Crippen molar-refractivity contribution in [2.45, 2.75) is 50.1 Å². The number of nitrogens with one attached hydrogen (secondary N) is 1. The van der Waals surface area contributed by atoms with E-state index >= 15 is 0 Å². The van der Waals surface area contributed by atoms with E-state index in [1.807, 2.05) is 0 Å². The van der Waals surface area contributed by atoms with Crippen LogP contribution >= 0.6 is 0 Å². The SMILES string of the molecule is CCC1(C(=O)O)C=c2cc(OC)c3c(c2=N1)C(C)(C(=O)O)CC(C)(C(=O)O)N3. The highest BCUT2D eigenvalue weighted by atomic mass is 16.5. The summed E-state index contributed by atoms with van der Waals surface area (Å²) in [6.07, 6.45) is 1.41. The van der Waals surface area contributed by atoms with Crippen molar-refractivity contribution in [1.82, 2.24) is 0 Å². The van der Waals surface area contributed by atoms with Gasteiger partial charge in [0.1, 0.15) is 11.3 Å². The Morgan fingerprint density at radius 2 is 1.82 bits per heavy atom. The van der Waals surface area contributed by atoms with Crippen molar-refractivity contribution in [2.24, 2.45) is 4.99 Å².